The van der Waals surface area contributed by atoms with Gasteiger partial charge in [-0.15, -0.1) is 0 Å². The quantitative estimate of drug-likeness (QED) is 0.795. The summed E-state index contributed by atoms with van der Waals surface area (Å²) in [6.45, 7) is 5.42. The van der Waals surface area contributed by atoms with Crippen LogP contribution in [0.25, 0.3) is 0 Å². The highest BCUT2D eigenvalue weighted by atomic mass is 16.5. The van der Waals surface area contributed by atoms with Gasteiger partial charge in [0.25, 0.3) is 5.91 Å². The average Bonchev–Trinajstić information content (AvgIpc) is 3.63. The van der Waals surface area contributed by atoms with Gasteiger partial charge in [0.05, 0.1) is 13.2 Å². The molecule has 7 nitrogen and oxygen atoms in total. The highest BCUT2D eigenvalue weighted by molar-refractivity contribution is 5.97. The largest absolute Gasteiger partial charge is 0.378 e. The summed E-state index contributed by atoms with van der Waals surface area (Å²) in [5.74, 6) is 0.243. The molecule has 0 aromatic heterocycles. The molecule has 1 atom stereocenters. The third-order valence-electron chi connectivity index (χ3n) is 6.40. The number of nitrogens with one attached hydrogen (secondary N) is 1. The predicted octanol–water partition coefficient (Wildman–Crippen LogP) is 1.60. The predicted molar refractivity (Wildman–Crippen MR) is 112 cm³/mol. The molecule has 1 saturated carbocycles. The Morgan fingerprint density at radius 2 is 1.70 bits per heavy atom. The lowest BCUT2D eigenvalue weighted by Gasteiger charge is -2.38. The Hall–Kier alpha value is -2.41. The zero-order chi connectivity index (χ0) is 21.1. The van der Waals surface area contributed by atoms with Crippen molar-refractivity contribution in [2.45, 2.75) is 38.6 Å². The van der Waals surface area contributed by atoms with Crippen LogP contribution in [0.15, 0.2) is 24.3 Å². The summed E-state index contributed by atoms with van der Waals surface area (Å²) in [5.41, 5.74) is 1.57. The van der Waals surface area contributed by atoms with Gasteiger partial charge in [-0.1, -0.05) is 17.7 Å². The first-order chi connectivity index (χ1) is 14.5. The minimum Gasteiger partial charge on any atom is -0.378 e. The minimum atomic E-state index is -0.575. The van der Waals surface area contributed by atoms with E-state index in [1.54, 1.807) is 11.0 Å². The number of carbonyl (C=O) groups excluding carboxylic acids is 3. The lowest BCUT2D eigenvalue weighted by molar-refractivity contribution is -0.140. The molecule has 0 bridgehead atoms. The van der Waals surface area contributed by atoms with Crippen molar-refractivity contribution in [1.29, 1.82) is 0 Å². The van der Waals surface area contributed by atoms with Crippen LogP contribution in [0.3, 0.4) is 0 Å². The van der Waals surface area contributed by atoms with E-state index in [4.69, 9.17) is 4.74 Å². The molecule has 30 heavy (non-hydrogen) atoms. The lowest BCUT2D eigenvalue weighted by atomic mass is 9.87. The van der Waals surface area contributed by atoms with Gasteiger partial charge >= 0.3 is 0 Å². The van der Waals surface area contributed by atoms with Crippen molar-refractivity contribution in [1.82, 2.24) is 15.1 Å². The Labute approximate surface area is 177 Å². The first-order valence-electron chi connectivity index (χ1n) is 11.1. The number of ether oxygens (including phenoxy) is 1. The average molecular weight is 414 g/mol. The van der Waals surface area contributed by atoms with Crippen LogP contribution in [-0.2, 0) is 14.3 Å². The van der Waals surface area contributed by atoms with Crippen molar-refractivity contribution >= 4 is 17.7 Å². The van der Waals surface area contributed by atoms with Gasteiger partial charge in [-0.3, -0.25) is 14.4 Å². The molecule has 4 rings (SSSR count). The number of benzene rings is 1. The highest BCUT2D eigenvalue weighted by Crippen LogP contribution is 2.33. The van der Waals surface area contributed by atoms with E-state index >= 15 is 0 Å². The van der Waals surface area contributed by atoms with E-state index in [1.807, 2.05) is 30.0 Å². The molecule has 162 valence electrons. The molecule has 0 radical (unpaired) electrons. The normalized spacial score (nSPS) is 21.2. The topological polar surface area (TPSA) is 79.0 Å². The number of hydrogen-bond donors (Lipinski definition) is 1. The Kier molecular flexibility index (Phi) is 6.37. The molecule has 3 amide bonds. The number of piperidine rings is 1. The second-order valence-electron chi connectivity index (χ2n) is 8.70. The van der Waals surface area contributed by atoms with E-state index in [0.29, 0.717) is 45.0 Å². The number of morpholine rings is 1. The molecule has 2 heterocycles. The fourth-order valence-corrected chi connectivity index (χ4v) is 4.41. The zero-order valence-electron chi connectivity index (χ0n) is 17.6. The summed E-state index contributed by atoms with van der Waals surface area (Å²) in [5, 5.41) is 3.03. The number of carbonyl (C=O) groups is 3. The second kappa shape index (κ2) is 9.16. The first kappa shape index (κ1) is 20.8. The van der Waals surface area contributed by atoms with Crippen LogP contribution >= 0.6 is 0 Å². The van der Waals surface area contributed by atoms with Crippen molar-refractivity contribution < 1.29 is 19.1 Å². The number of rotatable bonds is 5. The van der Waals surface area contributed by atoms with E-state index < -0.39 is 6.04 Å². The smallest absolute Gasteiger partial charge is 0.251 e. The van der Waals surface area contributed by atoms with Crippen molar-refractivity contribution in [2.24, 2.45) is 11.8 Å². The Morgan fingerprint density at radius 3 is 2.33 bits per heavy atom. The van der Waals surface area contributed by atoms with E-state index in [2.05, 4.69) is 5.32 Å². The van der Waals surface area contributed by atoms with Gasteiger partial charge in [-0.05, 0) is 50.7 Å². The van der Waals surface area contributed by atoms with Crippen LogP contribution in [0.2, 0.25) is 0 Å². The van der Waals surface area contributed by atoms with Crippen LogP contribution in [-0.4, -0.2) is 73.0 Å². The Balaban J connectivity index is 1.46. The van der Waals surface area contributed by atoms with Crippen LogP contribution in [0.1, 0.15) is 41.6 Å². The number of nitrogens with zero attached hydrogens (tertiary/aromatic N) is 2. The van der Waals surface area contributed by atoms with Crippen molar-refractivity contribution in [3.63, 3.8) is 0 Å². The number of amides is 3. The third kappa shape index (κ3) is 4.83. The SMILES string of the molecule is Cc1cccc(C(=O)N[C@@H](C(=O)N2CCOCC2)C2CCN(C(=O)C3CC3)CC2)c1. The van der Waals surface area contributed by atoms with Gasteiger partial charge in [0, 0.05) is 37.7 Å². The zero-order valence-corrected chi connectivity index (χ0v) is 17.6. The van der Waals surface area contributed by atoms with Crippen LogP contribution in [0, 0.1) is 18.8 Å². The number of aryl methyl sites for hydroxylation is 1. The van der Waals surface area contributed by atoms with Gasteiger partial charge < -0.3 is 19.9 Å². The summed E-state index contributed by atoms with van der Waals surface area (Å²) in [7, 11) is 0. The third-order valence-corrected chi connectivity index (χ3v) is 6.40. The van der Waals surface area contributed by atoms with Gasteiger partial charge in [0.2, 0.25) is 11.8 Å². The Morgan fingerprint density at radius 1 is 1.00 bits per heavy atom. The summed E-state index contributed by atoms with van der Waals surface area (Å²) >= 11 is 0. The molecule has 2 saturated heterocycles. The molecular formula is C23H31N3O4. The molecule has 1 aromatic carbocycles. The highest BCUT2D eigenvalue weighted by Gasteiger charge is 2.39. The molecule has 2 aliphatic heterocycles. The maximum absolute atomic E-state index is 13.3. The van der Waals surface area contributed by atoms with Crippen LogP contribution in [0.5, 0.6) is 0 Å². The fraction of sp³-hybridized carbons (Fsp3) is 0.609. The maximum atomic E-state index is 13.3. The molecule has 1 N–H and O–H groups in total. The Bertz CT molecular complexity index is 793. The fourth-order valence-electron chi connectivity index (χ4n) is 4.41. The van der Waals surface area contributed by atoms with Gasteiger partial charge in [0.15, 0.2) is 0 Å². The number of likely N-dealkylation sites (tertiary alicyclic amines) is 1. The van der Waals surface area contributed by atoms with Crippen molar-refractivity contribution in [3.8, 4) is 0 Å². The molecule has 3 fully saturated rings. The summed E-state index contributed by atoms with van der Waals surface area (Å²) in [6, 6.07) is 6.83. The van der Waals surface area contributed by atoms with Gasteiger partial charge in [-0.25, -0.2) is 0 Å². The molecule has 1 aliphatic carbocycles. The lowest BCUT2D eigenvalue weighted by Crippen LogP contribution is -2.56. The monoisotopic (exact) mass is 413 g/mol. The summed E-state index contributed by atoms with van der Waals surface area (Å²) in [6.07, 6.45) is 3.47. The maximum Gasteiger partial charge on any atom is 0.251 e. The minimum absolute atomic E-state index is 0.0253. The molecule has 3 aliphatic rings. The van der Waals surface area contributed by atoms with E-state index in [0.717, 1.165) is 31.2 Å². The molecule has 0 spiro atoms. The van der Waals surface area contributed by atoms with Gasteiger partial charge in [-0.2, -0.15) is 0 Å². The van der Waals surface area contributed by atoms with Crippen LogP contribution in [0.4, 0.5) is 0 Å². The molecular weight excluding hydrogens is 382 g/mol. The van der Waals surface area contributed by atoms with Crippen molar-refractivity contribution in [2.75, 3.05) is 39.4 Å². The van der Waals surface area contributed by atoms with Gasteiger partial charge in [0.1, 0.15) is 6.04 Å². The summed E-state index contributed by atoms with van der Waals surface area (Å²) in [4.78, 5) is 42.4. The molecule has 1 aromatic rings. The van der Waals surface area contributed by atoms with E-state index in [-0.39, 0.29) is 29.6 Å². The first-order valence-corrected chi connectivity index (χ1v) is 11.1. The van der Waals surface area contributed by atoms with E-state index in [1.165, 1.54) is 0 Å². The standard InChI is InChI=1S/C23H31N3O4/c1-16-3-2-4-19(15-16)21(27)24-20(23(29)26-11-13-30-14-12-26)17-7-9-25(10-8-17)22(28)18-5-6-18/h2-4,15,17-18,20H,5-14H2,1H3,(H,24,27)/t20-/m1/s1. The summed E-state index contributed by atoms with van der Waals surface area (Å²) < 4.78 is 5.38. The van der Waals surface area contributed by atoms with Crippen LogP contribution < -0.4 is 5.32 Å². The van der Waals surface area contributed by atoms with E-state index in [9.17, 15) is 14.4 Å². The molecule has 7 heteroatoms. The van der Waals surface area contributed by atoms with Crippen molar-refractivity contribution in [3.05, 3.63) is 35.4 Å². The molecule has 0 unspecified atom stereocenters. The second-order valence-corrected chi connectivity index (χ2v) is 8.70. The number of hydrogen-bond acceptors (Lipinski definition) is 4.